The number of benzene rings is 4. The van der Waals surface area contributed by atoms with E-state index in [1.165, 1.54) is 48.8 Å². The van der Waals surface area contributed by atoms with Crippen LogP contribution in [0.3, 0.4) is 0 Å². The number of hydrogen-bond acceptors (Lipinski definition) is 5. The Bertz CT molecular complexity index is 1990. The van der Waals surface area contributed by atoms with Gasteiger partial charge >= 0.3 is 0 Å². The van der Waals surface area contributed by atoms with Crippen molar-refractivity contribution in [3.05, 3.63) is 96.0 Å². The molecule has 6 rings (SSSR count). The zero-order chi connectivity index (χ0) is 31.4. The summed E-state index contributed by atoms with van der Waals surface area (Å²) in [5, 5.41) is 16.0. The van der Waals surface area contributed by atoms with Crippen molar-refractivity contribution in [3.63, 3.8) is 0 Å². The first kappa shape index (κ1) is 34.4. The maximum Gasteiger partial charge on any atom is 0.162 e. The molecule has 0 saturated carbocycles. The van der Waals surface area contributed by atoms with Gasteiger partial charge in [-0.05, 0) is 56.5 Å². The molecule has 0 atom stereocenters. The molecule has 2 heterocycles. The van der Waals surface area contributed by atoms with Gasteiger partial charge in [-0.2, -0.15) is 0 Å². The van der Waals surface area contributed by atoms with Crippen LogP contribution in [0.15, 0.2) is 78.8 Å². The molecule has 0 spiro atoms. The Balaban J connectivity index is 0.000000249. The molecule has 4 aromatic carbocycles. The van der Waals surface area contributed by atoms with Crippen LogP contribution in [0.4, 0.5) is 0 Å². The fourth-order valence-corrected chi connectivity index (χ4v) is 7.35. The number of aliphatic hydroxyl groups is 1. The second kappa shape index (κ2) is 15.2. The number of hydrogen-bond donors (Lipinski definition) is 1. The summed E-state index contributed by atoms with van der Waals surface area (Å²) < 4.78 is 2.41. The normalized spacial score (nSPS) is 11.8. The summed E-state index contributed by atoms with van der Waals surface area (Å²) in [7, 11) is 0. The van der Waals surface area contributed by atoms with Crippen molar-refractivity contribution < 1.29 is 30.0 Å². The average Bonchev–Trinajstić information content (AvgIpc) is 3.42. The third kappa shape index (κ3) is 7.19. The van der Waals surface area contributed by atoms with E-state index in [1.807, 2.05) is 33.8 Å². The van der Waals surface area contributed by atoms with Crippen molar-refractivity contribution in [1.82, 2.24) is 9.97 Å². The summed E-state index contributed by atoms with van der Waals surface area (Å²) in [6.07, 6.45) is 6.59. The molecule has 4 nitrogen and oxygen atoms in total. The SMILES string of the molecule is CCC(CC)C(=O)/C=C(\O)C(CC)CC.Cc1cc(C)c2ccc3c4ncnc(-c5[c-]cc6ccccc6c5)c4sc3c2c1.[Ir]. The van der Waals surface area contributed by atoms with Crippen LogP contribution in [-0.4, -0.2) is 20.9 Å². The molecule has 0 saturated heterocycles. The van der Waals surface area contributed by atoms with Crippen molar-refractivity contribution in [3.8, 4) is 11.3 Å². The Morgan fingerprint density at radius 3 is 2.20 bits per heavy atom. The van der Waals surface area contributed by atoms with Crippen molar-refractivity contribution >= 4 is 59.0 Å². The topological polar surface area (TPSA) is 63.1 Å². The first-order chi connectivity index (χ1) is 21.3. The van der Waals surface area contributed by atoms with Gasteiger partial charge in [-0.3, -0.25) is 9.78 Å². The fourth-order valence-electron chi connectivity index (χ4n) is 6.07. The summed E-state index contributed by atoms with van der Waals surface area (Å²) in [6, 6.07) is 25.0. The zero-order valence-electron chi connectivity index (χ0n) is 26.9. The van der Waals surface area contributed by atoms with E-state index >= 15 is 0 Å². The average molecular weight is 794 g/mol. The van der Waals surface area contributed by atoms with Crippen LogP contribution in [0.5, 0.6) is 0 Å². The molecular weight excluding hydrogens is 753 g/mol. The summed E-state index contributed by atoms with van der Waals surface area (Å²) in [5.41, 5.74) is 5.60. The van der Waals surface area contributed by atoms with Gasteiger partial charge < -0.3 is 5.11 Å². The standard InChI is InChI=1S/C26H17N2S.C13H24O2.Ir/c1-15-11-16(2)20-9-10-21-24-26(29-25(21)22(20)12-15)23(27-14-28-24)19-8-7-17-5-3-4-6-18(17)13-19;1-5-10(6-2)12(14)9-13(15)11(7-3)8-4;/h3-7,9-14H,1-2H3;9-11,14H,5-8H2,1-4H3;/q-1;;/b;12-9-;. The van der Waals surface area contributed by atoms with Gasteiger partial charge in [0.1, 0.15) is 6.33 Å². The third-order valence-electron chi connectivity index (χ3n) is 8.72. The zero-order valence-corrected chi connectivity index (χ0v) is 30.1. The van der Waals surface area contributed by atoms with Crippen LogP contribution in [0, 0.1) is 31.7 Å². The molecule has 2 aromatic heterocycles. The number of aromatic nitrogens is 2. The van der Waals surface area contributed by atoms with E-state index in [0.717, 1.165) is 47.2 Å². The van der Waals surface area contributed by atoms with Crippen molar-refractivity contribution in [1.29, 1.82) is 0 Å². The Labute approximate surface area is 284 Å². The van der Waals surface area contributed by atoms with Gasteiger partial charge in [0.05, 0.1) is 11.3 Å². The predicted molar refractivity (Wildman–Crippen MR) is 188 cm³/mol. The molecule has 0 amide bonds. The molecule has 0 fully saturated rings. The monoisotopic (exact) mass is 794 g/mol. The number of allylic oxidation sites excluding steroid dienone is 2. The second-order valence-electron chi connectivity index (χ2n) is 11.6. The number of carbonyl (C=O) groups is 1. The number of ketones is 1. The molecular formula is C39H41IrN2O2S-. The van der Waals surface area contributed by atoms with Crippen LogP contribution >= 0.6 is 11.3 Å². The smallest absolute Gasteiger partial charge is 0.162 e. The maximum absolute atomic E-state index is 11.7. The predicted octanol–water partition coefficient (Wildman–Crippen LogP) is 11.1. The summed E-state index contributed by atoms with van der Waals surface area (Å²) in [6.45, 7) is 12.4. The Kier molecular flexibility index (Phi) is 11.7. The molecule has 6 aromatic rings. The summed E-state index contributed by atoms with van der Waals surface area (Å²) >= 11 is 1.79. The third-order valence-corrected chi connectivity index (χ3v) is 9.95. The van der Waals surface area contributed by atoms with E-state index in [9.17, 15) is 9.90 Å². The number of thiophene rings is 1. The maximum atomic E-state index is 11.7. The van der Waals surface area contributed by atoms with Gasteiger partial charge in [-0.1, -0.05) is 81.1 Å². The molecule has 0 unspecified atom stereocenters. The minimum atomic E-state index is 0. The van der Waals surface area contributed by atoms with Crippen molar-refractivity contribution in [2.45, 2.75) is 67.2 Å². The largest absolute Gasteiger partial charge is 0.512 e. The molecule has 1 N–H and O–H groups in total. The minimum absolute atomic E-state index is 0. The van der Waals surface area contributed by atoms with Gasteiger partial charge in [0.25, 0.3) is 0 Å². The number of nitrogens with zero attached hydrogens (tertiary/aromatic N) is 2. The van der Waals surface area contributed by atoms with Gasteiger partial charge in [0, 0.05) is 63.9 Å². The van der Waals surface area contributed by atoms with Crippen LogP contribution in [-0.2, 0) is 24.9 Å². The van der Waals surface area contributed by atoms with Gasteiger partial charge in [0.2, 0.25) is 0 Å². The van der Waals surface area contributed by atoms with Gasteiger partial charge in [-0.25, -0.2) is 4.98 Å². The molecule has 1 radical (unpaired) electrons. The quantitative estimate of drug-likeness (QED) is 0.0947. The van der Waals surface area contributed by atoms with Crippen LogP contribution in [0.1, 0.15) is 64.5 Å². The Hall–Kier alpha value is -3.44. The Morgan fingerprint density at radius 2 is 1.51 bits per heavy atom. The Morgan fingerprint density at radius 1 is 0.844 bits per heavy atom. The number of fused-ring (bicyclic) bond motifs is 6. The number of aliphatic hydroxyl groups excluding tert-OH is 1. The van der Waals surface area contributed by atoms with Crippen LogP contribution in [0.2, 0.25) is 0 Å². The van der Waals surface area contributed by atoms with Crippen LogP contribution in [0.25, 0.3) is 53.1 Å². The minimum Gasteiger partial charge on any atom is -0.512 e. The fraction of sp³-hybridized carbons (Fsp3) is 0.308. The summed E-state index contributed by atoms with van der Waals surface area (Å²) in [4.78, 5) is 21.0. The number of carbonyl (C=O) groups excluding carboxylic acids is 1. The van der Waals surface area contributed by atoms with Crippen molar-refractivity contribution in [2.24, 2.45) is 11.8 Å². The van der Waals surface area contributed by atoms with Gasteiger partial charge in [-0.15, -0.1) is 40.5 Å². The van der Waals surface area contributed by atoms with Crippen molar-refractivity contribution in [2.75, 3.05) is 0 Å². The van der Waals surface area contributed by atoms with E-state index in [1.54, 1.807) is 17.7 Å². The first-order valence-electron chi connectivity index (χ1n) is 15.7. The molecule has 6 heteroatoms. The van der Waals surface area contributed by atoms with E-state index in [4.69, 9.17) is 0 Å². The van der Waals surface area contributed by atoms with E-state index in [0.29, 0.717) is 0 Å². The number of rotatable bonds is 8. The molecule has 0 bridgehead atoms. The first-order valence-corrected chi connectivity index (χ1v) is 16.5. The van der Waals surface area contributed by atoms with E-state index < -0.39 is 0 Å². The molecule has 0 aliphatic heterocycles. The molecule has 45 heavy (non-hydrogen) atoms. The number of aryl methyl sites for hydroxylation is 2. The molecule has 0 aliphatic carbocycles. The van der Waals surface area contributed by atoms with E-state index in [2.05, 4.69) is 84.5 Å². The second-order valence-corrected chi connectivity index (χ2v) is 12.6. The van der Waals surface area contributed by atoms with E-state index in [-0.39, 0.29) is 43.5 Å². The van der Waals surface area contributed by atoms with Gasteiger partial charge in [0.15, 0.2) is 5.78 Å². The molecule has 235 valence electrons. The molecule has 0 aliphatic rings. The van der Waals surface area contributed by atoms with Crippen LogP contribution < -0.4 is 0 Å². The summed E-state index contributed by atoms with van der Waals surface area (Å²) in [5.74, 6) is 0.547.